The molecular formula is C13H11N3O3. The molecule has 3 rings (SSSR count). The van der Waals surface area contributed by atoms with E-state index in [9.17, 15) is 9.59 Å². The van der Waals surface area contributed by atoms with E-state index in [-0.39, 0.29) is 11.5 Å². The van der Waals surface area contributed by atoms with Crippen LogP contribution in [0.4, 0.5) is 0 Å². The number of aromatic carboxylic acids is 1. The Morgan fingerprint density at radius 2 is 2.00 bits per heavy atom. The third kappa shape index (κ3) is 1.97. The minimum absolute atomic E-state index is 0.134. The van der Waals surface area contributed by atoms with Crippen molar-refractivity contribution in [3.05, 3.63) is 52.8 Å². The Balaban J connectivity index is 1.84. The van der Waals surface area contributed by atoms with Gasteiger partial charge >= 0.3 is 5.97 Å². The zero-order chi connectivity index (χ0) is 13.4. The van der Waals surface area contributed by atoms with Crippen molar-refractivity contribution in [2.45, 2.75) is 13.1 Å². The molecule has 0 unspecified atom stereocenters. The summed E-state index contributed by atoms with van der Waals surface area (Å²) < 4.78 is 0. The molecule has 0 atom stereocenters. The highest BCUT2D eigenvalue weighted by atomic mass is 16.4. The van der Waals surface area contributed by atoms with Gasteiger partial charge in [-0.15, -0.1) is 0 Å². The summed E-state index contributed by atoms with van der Waals surface area (Å²) in [4.78, 5) is 24.7. The van der Waals surface area contributed by atoms with Gasteiger partial charge in [0, 0.05) is 19.3 Å². The maximum Gasteiger partial charge on any atom is 0.335 e. The Kier molecular flexibility index (Phi) is 2.56. The van der Waals surface area contributed by atoms with Gasteiger partial charge in [0.05, 0.1) is 5.56 Å². The molecule has 6 nitrogen and oxygen atoms in total. The Hall–Kier alpha value is -2.63. The zero-order valence-corrected chi connectivity index (χ0v) is 9.96. The van der Waals surface area contributed by atoms with E-state index in [0.717, 1.165) is 11.1 Å². The van der Waals surface area contributed by atoms with Crippen molar-refractivity contribution < 1.29 is 14.7 Å². The smallest absolute Gasteiger partial charge is 0.335 e. The van der Waals surface area contributed by atoms with Crippen LogP contribution in [0, 0.1) is 0 Å². The van der Waals surface area contributed by atoms with Crippen molar-refractivity contribution in [3.8, 4) is 0 Å². The number of aromatic nitrogens is 2. The minimum atomic E-state index is -0.957. The van der Waals surface area contributed by atoms with Crippen molar-refractivity contribution in [2.75, 3.05) is 0 Å². The largest absolute Gasteiger partial charge is 0.478 e. The molecule has 1 aromatic heterocycles. The van der Waals surface area contributed by atoms with Crippen LogP contribution in [-0.2, 0) is 13.1 Å². The Bertz CT molecular complexity index is 649. The molecule has 1 aliphatic heterocycles. The van der Waals surface area contributed by atoms with Crippen LogP contribution in [0.3, 0.4) is 0 Å². The quantitative estimate of drug-likeness (QED) is 0.848. The molecule has 6 heteroatoms. The number of amides is 1. The van der Waals surface area contributed by atoms with E-state index in [1.54, 1.807) is 29.2 Å². The summed E-state index contributed by atoms with van der Waals surface area (Å²) in [5, 5.41) is 15.3. The van der Waals surface area contributed by atoms with Gasteiger partial charge in [-0.1, -0.05) is 6.07 Å². The SMILES string of the molecule is O=C(O)c1ccc2c(c1)CN(C(=O)c1ccn[nH]1)C2. The molecular weight excluding hydrogens is 246 g/mol. The van der Waals surface area contributed by atoms with Crippen molar-refractivity contribution in [2.24, 2.45) is 0 Å². The fraction of sp³-hybridized carbons (Fsp3) is 0.154. The van der Waals surface area contributed by atoms with Crippen LogP contribution < -0.4 is 0 Å². The van der Waals surface area contributed by atoms with Gasteiger partial charge < -0.3 is 10.0 Å². The number of carbonyl (C=O) groups is 2. The highest BCUT2D eigenvalue weighted by Gasteiger charge is 2.25. The predicted octanol–water partition coefficient (Wildman–Crippen LogP) is 1.26. The van der Waals surface area contributed by atoms with E-state index in [4.69, 9.17) is 5.11 Å². The first-order chi connectivity index (χ1) is 9.15. The van der Waals surface area contributed by atoms with Crippen molar-refractivity contribution in [3.63, 3.8) is 0 Å². The monoisotopic (exact) mass is 257 g/mol. The second-order valence-electron chi connectivity index (χ2n) is 4.42. The maximum atomic E-state index is 12.1. The number of nitrogens with one attached hydrogen (secondary N) is 1. The number of fused-ring (bicyclic) bond motifs is 1. The van der Waals surface area contributed by atoms with Crippen LogP contribution in [-0.4, -0.2) is 32.1 Å². The summed E-state index contributed by atoms with van der Waals surface area (Å²) in [7, 11) is 0. The number of benzene rings is 1. The standard InChI is InChI=1S/C13H11N3O3/c17-12(11-3-4-14-15-11)16-6-9-2-1-8(13(18)19)5-10(9)7-16/h1-5H,6-7H2,(H,14,15)(H,18,19). The molecule has 0 fully saturated rings. The molecule has 1 aliphatic rings. The normalized spacial score (nSPS) is 13.4. The van der Waals surface area contributed by atoms with Crippen molar-refractivity contribution >= 4 is 11.9 Å². The molecule has 0 aliphatic carbocycles. The van der Waals surface area contributed by atoms with Crippen LogP contribution >= 0.6 is 0 Å². The number of H-pyrrole nitrogens is 1. The van der Waals surface area contributed by atoms with E-state index < -0.39 is 5.97 Å². The summed E-state index contributed by atoms with van der Waals surface area (Å²) in [6.07, 6.45) is 1.53. The summed E-state index contributed by atoms with van der Waals surface area (Å²) >= 11 is 0. The number of nitrogens with zero attached hydrogens (tertiary/aromatic N) is 2. The van der Waals surface area contributed by atoms with E-state index in [1.165, 1.54) is 6.20 Å². The number of rotatable bonds is 2. The lowest BCUT2D eigenvalue weighted by molar-refractivity contribution is 0.0696. The molecule has 0 radical (unpaired) electrons. The minimum Gasteiger partial charge on any atom is -0.478 e. The number of carbonyl (C=O) groups excluding carboxylic acids is 1. The fourth-order valence-electron chi connectivity index (χ4n) is 2.22. The average Bonchev–Trinajstić information content (AvgIpc) is 3.06. The molecule has 2 N–H and O–H groups in total. The molecule has 0 bridgehead atoms. The summed E-state index contributed by atoms with van der Waals surface area (Å²) in [5.41, 5.74) is 2.55. The van der Waals surface area contributed by atoms with Crippen LogP contribution in [0.15, 0.2) is 30.5 Å². The number of hydrogen-bond donors (Lipinski definition) is 2. The third-order valence-corrected chi connectivity index (χ3v) is 3.19. The molecule has 2 aromatic rings. The lowest BCUT2D eigenvalue weighted by Gasteiger charge is -2.13. The van der Waals surface area contributed by atoms with Gasteiger partial charge in [-0.3, -0.25) is 9.89 Å². The average molecular weight is 257 g/mol. The van der Waals surface area contributed by atoms with Gasteiger partial charge in [0.25, 0.3) is 5.91 Å². The van der Waals surface area contributed by atoms with Crippen LogP contribution in [0.1, 0.15) is 32.0 Å². The summed E-state index contributed by atoms with van der Waals surface area (Å²) in [6, 6.07) is 6.57. The van der Waals surface area contributed by atoms with E-state index in [1.807, 2.05) is 0 Å². The molecule has 96 valence electrons. The van der Waals surface area contributed by atoms with Gasteiger partial charge in [-0.25, -0.2) is 4.79 Å². The second kappa shape index (κ2) is 4.24. The molecule has 0 saturated heterocycles. The number of carboxylic acid groups (broad SMARTS) is 1. The highest BCUT2D eigenvalue weighted by Crippen LogP contribution is 2.25. The van der Waals surface area contributed by atoms with Gasteiger partial charge in [-0.05, 0) is 29.3 Å². The van der Waals surface area contributed by atoms with E-state index in [0.29, 0.717) is 18.8 Å². The van der Waals surface area contributed by atoms with Crippen molar-refractivity contribution in [1.82, 2.24) is 15.1 Å². The Morgan fingerprint density at radius 1 is 1.21 bits per heavy atom. The zero-order valence-electron chi connectivity index (χ0n) is 9.96. The first kappa shape index (κ1) is 11.5. The maximum absolute atomic E-state index is 12.1. The van der Waals surface area contributed by atoms with Gasteiger partial charge in [-0.2, -0.15) is 5.10 Å². The Morgan fingerprint density at radius 3 is 2.68 bits per heavy atom. The Labute approximate surface area is 108 Å². The van der Waals surface area contributed by atoms with Crippen LogP contribution in [0.25, 0.3) is 0 Å². The molecule has 1 aromatic carbocycles. The molecule has 19 heavy (non-hydrogen) atoms. The summed E-state index contributed by atoms with van der Waals surface area (Å²) in [5.74, 6) is -1.09. The first-order valence-electron chi connectivity index (χ1n) is 5.79. The molecule has 2 heterocycles. The van der Waals surface area contributed by atoms with E-state index >= 15 is 0 Å². The van der Waals surface area contributed by atoms with Gasteiger partial charge in [0.15, 0.2) is 0 Å². The van der Waals surface area contributed by atoms with Crippen molar-refractivity contribution in [1.29, 1.82) is 0 Å². The molecule has 1 amide bonds. The molecule has 0 saturated carbocycles. The molecule has 0 spiro atoms. The predicted molar refractivity (Wildman–Crippen MR) is 65.6 cm³/mol. The topological polar surface area (TPSA) is 86.3 Å². The van der Waals surface area contributed by atoms with E-state index in [2.05, 4.69) is 10.2 Å². The fourth-order valence-corrected chi connectivity index (χ4v) is 2.22. The first-order valence-corrected chi connectivity index (χ1v) is 5.79. The van der Waals surface area contributed by atoms with Crippen LogP contribution in [0.2, 0.25) is 0 Å². The summed E-state index contributed by atoms with van der Waals surface area (Å²) in [6.45, 7) is 0.918. The third-order valence-electron chi connectivity index (χ3n) is 3.19. The highest BCUT2D eigenvalue weighted by molar-refractivity contribution is 5.93. The number of hydrogen-bond acceptors (Lipinski definition) is 3. The van der Waals surface area contributed by atoms with Gasteiger partial charge in [0.1, 0.15) is 5.69 Å². The second-order valence-corrected chi connectivity index (χ2v) is 4.42. The number of aromatic amines is 1. The van der Waals surface area contributed by atoms with Crippen LogP contribution in [0.5, 0.6) is 0 Å². The lowest BCUT2D eigenvalue weighted by atomic mass is 10.1. The number of carboxylic acids is 1. The lowest BCUT2D eigenvalue weighted by Crippen LogP contribution is -2.25. The van der Waals surface area contributed by atoms with Gasteiger partial charge in [0.2, 0.25) is 0 Å².